The van der Waals surface area contributed by atoms with E-state index in [1.165, 1.54) is 0 Å². The smallest absolute Gasteiger partial charge is 0.228 e. The first-order valence-corrected chi connectivity index (χ1v) is 9.27. The van der Waals surface area contributed by atoms with Gasteiger partial charge in [0.15, 0.2) is 21.0 Å². The fraction of sp³-hybridized carbons (Fsp3) is 0.375. The predicted molar refractivity (Wildman–Crippen MR) is 90.0 cm³/mol. The summed E-state index contributed by atoms with van der Waals surface area (Å²) in [5.74, 6) is 0.0472. The standard InChI is InChI=1S/C16H20N4O3S/c1-9(2)15(21)18-14-12-8-17-16(13(12)19-20-14)24(22,23)11-6-4-5-10(3)7-11/h4-7,9,16-17H,8H2,1-3H3,(H2,18,19,20,21). The zero-order chi connectivity index (χ0) is 17.5. The van der Waals surface area contributed by atoms with Crippen LogP contribution in [0.15, 0.2) is 29.2 Å². The number of sulfone groups is 1. The number of fused-ring (bicyclic) bond motifs is 1. The topological polar surface area (TPSA) is 104 Å². The van der Waals surface area contributed by atoms with Gasteiger partial charge in [0.2, 0.25) is 5.91 Å². The molecule has 1 aromatic carbocycles. The second-order valence-electron chi connectivity index (χ2n) is 6.23. The van der Waals surface area contributed by atoms with Crippen molar-refractivity contribution in [3.63, 3.8) is 0 Å². The number of carbonyl (C=O) groups is 1. The highest BCUT2D eigenvalue weighted by molar-refractivity contribution is 7.91. The Kier molecular flexibility index (Phi) is 4.18. The Morgan fingerprint density at radius 3 is 2.79 bits per heavy atom. The van der Waals surface area contributed by atoms with E-state index in [1.54, 1.807) is 32.0 Å². The molecule has 2 aromatic rings. The van der Waals surface area contributed by atoms with E-state index in [2.05, 4.69) is 20.8 Å². The van der Waals surface area contributed by atoms with Gasteiger partial charge in [-0.2, -0.15) is 5.10 Å². The Morgan fingerprint density at radius 2 is 2.12 bits per heavy atom. The summed E-state index contributed by atoms with van der Waals surface area (Å²) in [7, 11) is -3.60. The van der Waals surface area contributed by atoms with Gasteiger partial charge < -0.3 is 5.32 Å². The van der Waals surface area contributed by atoms with Crippen LogP contribution in [0.5, 0.6) is 0 Å². The van der Waals surface area contributed by atoms with Crippen molar-refractivity contribution in [2.75, 3.05) is 5.32 Å². The van der Waals surface area contributed by atoms with Crippen LogP contribution in [0, 0.1) is 12.8 Å². The summed E-state index contributed by atoms with van der Waals surface area (Å²) in [5, 5.41) is 11.7. The first-order chi connectivity index (χ1) is 11.3. The molecule has 0 bridgehead atoms. The van der Waals surface area contributed by atoms with Crippen molar-refractivity contribution < 1.29 is 13.2 Å². The Bertz CT molecular complexity index is 886. The van der Waals surface area contributed by atoms with Crippen molar-refractivity contribution in [1.29, 1.82) is 0 Å². The van der Waals surface area contributed by atoms with E-state index in [0.29, 0.717) is 23.6 Å². The van der Waals surface area contributed by atoms with Gasteiger partial charge in [0.25, 0.3) is 0 Å². The molecule has 3 rings (SSSR count). The molecule has 0 fully saturated rings. The molecule has 1 aliphatic rings. The van der Waals surface area contributed by atoms with Gasteiger partial charge >= 0.3 is 0 Å². The SMILES string of the molecule is Cc1cccc(S(=O)(=O)C2NCc3c(NC(=O)C(C)C)n[nH]c32)c1. The number of amides is 1. The molecular formula is C16H20N4O3S. The zero-order valence-corrected chi connectivity index (χ0v) is 14.6. The molecule has 24 heavy (non-hydrogen) atoms. The molecule has 0 radical (unpaired) electrons. The highest BCUT2D eigenvalue weighted by Crippen LogP contribution is 2.35. The number of nitrogens with zero attached hydrogens (tertiary/aromatic N) is 1. The van der Waals surface area contributed by atoms with Gasteiger partial charge in [-0.1, -0.05) is 26.0 Å². The van der Waals surface area contributed by atoms with E-state index in [-0.39, 0.29) is 16.7 Å². The number of nitrogens with one attached hydrogen (secondary N) is 3. The second kappa shape index (κ2) is 6.03. The van der Waals surface area contributed by atoms with E-state index >= 15 is 0 Å². The van der Waals surface area contributed by atoms with Crippen LogP contribution in [-0.4, -0.2) is 24.5 Å². The molecule has 1 unspecified atom stereocenters. The van der Waals surface area contributed by atoms with Crippen LogP contribution >= 0.6 is 0 Å². The lowest BCUT2D eigenvalue weighted by atomic mass is 10.2. The molecule has 128 valence electrons. The minimum atomic E-state index is -3.60. The number of anilines is 1. The fourth-order valence-electron chi connectivity index (χ4n) is 2.63. The number of hydrogen-bond acceptors (Lipinski definition) is 5. The van der Waals surface area contributed by atoms with Crippen molar-refractivity contribution >= 4 is 21.6 Å². The molecule has 1 aromatic heterocycles. The molecule has 1 aliphatic heterocycles. The Morgan fingerprint density at radius 1 is 1.38 bits per heavy atom. The van der Waals surface area contributed by atoms with E-state index in [9.17, 15) is 13.2 Å². The minimum absolute atomic E-state index is 0.158. The lowest BCUT2D eigenvalue weighted by molar-refractivity contribution is -0.118. The Balaban J connectivity index is 1.93. The first kappa shape index (κ1) is 16.7. The molecule has 0 saturated carbocycles. The van der Waals surface area contributed by atoms with Gasteiger partial charge in [-0.15, -0.1) is 0 Å². The maximum atomic E-state index is 12.9. The molecule has 2 heterocycles. The van der Waals surface area contributed by atoms with Crippen LogP contribution in [0.3, 0.4) is 0 Å². The number of benzene rings is 1. The average molecular weight is 348 g/mol. The molecule has 0 aliphatic carbocycles. The molecule has 0 spiro atoms. The molecule has 1 amide bonds. The summed E-state index contributed by atoms with van der Waals surface area (Å²) in [4.78, 5) is 12.1. The van der Waals surface area contributed by atoms with Crippen LogP contribution < -0.4 is 10.6 Å². The number of aryl methyl sites for hydroxylation is 1. The van der Waals surface area contributed by atoms with Crippen molar-refractivity contribution in [1.82, 2.24) is 15.5 Å². The van der Waals surface area contributed by atoms with Crippen molar-refractivity contribution in [3.05, 3.63) is 41.1 Å². The molecule has 1 atom stereocenters. The summed E-state index contributed by atoms with van der Waals surface area (Å²) in [6, 6.07) is 6.80. The maximum Gasteiger partial charge on any atom is 0.228 e. The fourth-order valence-corrected chi connectivity index (χ4v) is 4.33. The largest absolute Gasteiger partial charge is 0.309 e. The normalized spacial score (nSPS) is 17.1. The van der Waals surface area contributed by atoms with E-state index in [1.807, 2.05) is 13.0 Å². The van der Waals surface area contributed by atoms with E-state index in [0.717, 1.165) is 5.56 Å². The van der Waals surface area contributed by atoms with Gasteiger partial charge in [-0.3, -0.25) is 15.2 Å². The summed E-state index contributed by atoms with van der Waals surface area (Å²) >= 11 is 0. The van der Waals surface area contributed by atoms with Crippen LogP contribution in [-0.2, 0) is 21.2 Å². The van der Waals surface area contributed by atoms with Crippen LogP contribution in [0.2, 0.25) is 0 Å². The van der Waals surface area contributed by atoms with Crippen molar-refractivity contribution in [2.45, 2.75) is 37.6 Å². The van der Waals surface area contributed by atoms with E-state index in [4.69, 9.17) is 0 Å². The number of H-pyrrole nitrogens is 1. The van der Waals surface area contributed by atoms with E-state index < -0.39 is 15.2 Å². The predicted octanol–water partition coefficient (Wildman–Crippen LogP) is 1.89. The third kappa shape index (κ3) is 2.83. The maximum absolute atomic E-state index is 12.9. The summed E-state index contributed by atoms with van der Waals surface area (Å²) < 4.78 is 25.8. The van der Waals surface area contributed by atoms with Crippen LogP contribution in [0.25, 0.3) is 0 Å². The number of rotatable bonds is 4. The lowest BCUT2D eigenvalue weighted by Crippen LogP contribution is -2.23. The van der Waals surface area contributed by atoms with Gasteiger partial charge in [-0.25, -0.2) is 8.42 Å². The molecule has 3 N–H and O–H groups in total. The number of carbonyl (C=O) groups excluding carboxylic acids is 1. The Hall–Kier alpha value is -2.19. The van der Waals surface area contributed by atoms with Crippen LogP contribution in [0.4, 0.5) is 5.82 Å². The number of aromatic nitrogens is 2. The number of aromatic amines is 1. The average Bonchev–Trinajstić information content (AvgIpc) is 3.10. The quantitative estimate of drug-likeness (QED) is 0.783. The third-order valence-corrected chi connectivity index (χ3v) is 5.95. The van der Waals surface area contributed by atoms with Crippen molar-refractivity contribution in [2.24, 2.45) is 5.92 Å². The first-order valence-electron chi connectivity index (χ1n) is 7.72. The molecule has 7 nitrogen and oxygen atoms in total. The molecule has 0 saturated heterocycles. The Labute approximate surface area is 140 Å². The minimum Gasteiger partial charge on any atom is -0.309 e. The monoisotopic (exact) mass is 348 g/mol. The van der Waals surface area contributed by atoms with Crippen molar-refractivity contribution in [3.8, 4) is 0 Å². The highest BCUT2D eigenvalue weighted by atomic mass is 32.2. The summed E-state index contributed by atoms with van der Waals surface area (Å²) in [6.45, 7) is 5.74. The van der Waals surface area contributed by atoms with Gasteiger partial charge in [0.05, 0.1) is 10.6 Å². The molecule has 8 heteroatoms. The van der Waals surface area contributed by atoms with Gasteiger partial charge in [0, 0.05) is 18.0 Å². The third-order valence-electron chi connectivity index (χ3n) is 4.02. The van der Waals surface area contributed by atoms with Gasteiger partial charge in [0.1, 0.15) is 0 Å². The highest BCUT2D eigenvalue weighted by Gasteiger charge is 2.38. The molecular weight excluding hydrogens is 328 g/mol. The second-order valence-corrected chi connectivity index (χ2v) is 8.26. The number of hydrogen-bond donors (Lipinski definition) is 3. The summed E-state index contributed by atoms with van der Waals surface area (Å²) in [6.07, 6.45) is 0. The lowest BCUT2D eigenvalue weighted by Gasteiger charge is -2.12. The zero-order valence-electron chi connectivity index (χ0n) is 13.8. The summed E-state index contributed by atoms with van der Waals surface area (Å²) in [5.41, 5.74) is 2.05. The van der Waals surface area contributed by atoms with Crippen LogP contribution in [0.1, 0.15) is 36.0 Å². The van der Waals surface area contributed by atoms with Gasteiger partial charge in [-0.05, 0) is 24.6 Å².